The summed E-state index contributed by atoms with van der Waals surface area (Å²) in [4.78, 5) is 0.348. The van der Waals surface area contributed by atoms with Crippen molar-refractivity contribution in [1.82, 2.24) is 4.31 Å². The molecule has 5 heteroatoms. The van der Waals surface area contributed by atoms with E-state index in [1.807, 2.05) is 32.1 Å². The average Bonchev–Trinajstić information content (AvgIpc) is 2.29. The van der Waals surface area contributed by atoms with Crippen molar-refractivity contribution < 1.29 is 8.42 Å². The van der Waals surface area contributed by atoms with Crippen LogP contribution >= 0.6 is 15.9 Å². The van der Waals surface area contributed by atoms with E-state index in [2.05, 4.69) is 15.9 Å². The van der Waals surface area contributed by atoms with Gasteiger partial charge in [-0.25, -0.2) is 8.42 Å². The molecule has 1 aromatic carbocycles. The molecule has 1 aliphatic rings. The van der Waals surface area contributed by atoms with Crippen molar-refractivity contribution >= 4 is 26.0 Å². The molecule has 0 fully saturated rings. The largest absolute Gasteiger partial charge is 0.244 e. The third-order valence-corrected chi connectivity index (χ3v) is 5.95. The maximum Gasteiger partial charge on any atom is 0.244 e. The Morgan fingerprint density at radius 3 is 2.56 bits per heavy atom. The summed E-state index contributed by atoms with van der Waals surface area (Å²) in [5, 5.41) is 0. The molecule has 0 atom stereocenters. The Morgan fingerprint density at radius 2 is 2.00 bits per heavy atom. The normalized spacial score (nSPS) is 17.6. The number of sulfonamides is 1. The van der Waals surface area contributed by atoms with Gasteiger partial charge in [0.2, 0.25) is 10.0 Å². The minimum atomic E-state index is -3.39. The second kappa shape index (κ2) is 5.15. The summed E-state index contributed by atoms with van der Waals surface area (Å²) >= 11 is 3.34. The third-order valence-electron chi connectivity index (χ3n) is 3.10. The number of aryl methyl sites for hydroxylation is 1. The van der Waals surface area contributed by atoms with Crippen molar-refractivity contribution in [2.45, 2.75) is 25.2 Å². The van der Waals surface area contributed by atoms with Gasteiger partial charge in [0.25, 0.3) is 0 Å². The first-order valence-electron chi connectivity index (χ1n) is 5.83. The Labute approximate surface area is 117 Å². The first-order chi connectivity index (χ1) is 8.41. The van der Waals surface area contributed by atoms with E-state index in [0.29, 0.717) is 22.5 Å². The van der Waals surface area contributed by atoms with Crippen LogP contribution in [-0.4, -0.2) is 25.8 Å². The lowest BCUT2D eigenvalue weighted by atomic mass is 10.1. The highest BCUT2D eigenvalue weighted by molar-refractivity contribution is 9.10. The Hall–Kier alpha value is -0.650. The van der Waals surface area contributed by atoms with Crippen LogP contribution in [0.1, 0.15) is 18.9 Å². The van der Waals surface area contributed by atoms with E-state index in [-0.39, 0.29) is 0 Å². The van der Waals surface area contributed by atoms with Gasteiger partial charge in [0, 0.05) is 17.6 Å². The first-order valence-corrected chi connectivity index (χ1v) is 8.06. The zero-order valence-corrected chi connectivity index (χ0v) is 12.9. The fraction of sp³-hybridized carbons (Fsp3) is 0.385. The second-order valence-corrected chi connectivity index (χ2v) is 7.36. The molecule has 0 saturated heterocycles. The Morgan fingerprint density at radius 1 is 1.28 bits per heavy atom. The number of hydrogen-bond acceptors (Lipinski definition) is 2. The van der Waals surface area contributed by atoms with E-state index in [1.54, 1.807) is 6.07 Å². The van der Waals surface area contributed by atoms with E-state index in [9.17, 15) is 8.42 Å². The van der Waals surface area contributed by atoms with Gasteiger partial charge in [-0.2, -0.15) is 4.31 Å². The summed E-state index contributed by atoms with van der Waals surface area (Å²) in [7, 11) is -3.39. The van der Waals surface area contributed by atoms with E-state index in [0.717, 1.165) is 12.0 Å². The van der Waals surface area contributed by atoms with Gasteiger partial charge in [0.05, 0.1) is 4.90 Å². The summed E-state index contributed by atoms with van der Waals surface area (Å²) in [6.07, 6.45) is 2.78. The lowest BCUT2D eigenvalue weighted by Crippen LogP contribution is -2.34. The zero-order chi connectivity index (χ0) is 13.3. The molecule has 0 N–H and O–H groups in total. The van der Waals surface area contributed by atoms with Crippen LogP contribution in [0.3, 0.4) is 0 Å². The molecule has 0 saturated carbocycles. The smallest absolute Gasteiger partial charge is 0.207 e. The Balaban J connectivity index is 2.37. The van der Waals surface area contributed by atoms with Crippen molar-refractivity contribution in [3.8, 4) is 0 Å². The summed E-state index contributed by atoms with van der Waals surface area (Å²) in [5.41, 5.74) is 2.29. The molecule has 18 heavy (non-hydrogen) atoms. The maximum absolute atomic E-state index is 12.5. The van der Waals surface area contributed by atoms with Gasteiger partial charge < -0.3 is 0 Å². The van der Waals surface area contributed by atoms with Crippen LogP contribution < -0.4 is 0 Å². The van der Waals surface area contributed by atoms with Gasteiger partial charge in [0.15, 0.2) is 0 Å². The van der Waals surface area contributed by atoms with Crippen LogP contribution in [-0.2, 0) is 10.0 Å². The lowest BCUT2D eigenvalue weighted by Gasteiger charge is -2.25. The molecular weight excluding hydrogens is 314 g/mol. The van der Waals surface area contributed by atoms with Crippen LogP contribution in [0.25, 0.3) is 0 Å². The number of halogens is 1. The SMILES string of the molecule is CC1=CCN(S(=O)(=O)c2ccc(C)cc2Br)CC1. The number of nitrogens with zero attached hydrogens (tertiary/aromatic N) is 1. The number of hydrogen-bond donors (Lipinski definition) is 0. The average molecular weight is 330 g/mol. The van der Waals surface area contributed by atoms with E-state index >= 15 is 0 Å². The molecule has 3 nitrogen and oxygen atoms in total. The van der Waals surface area contributed by atoms with Crippen LogP contribution in [0.4, 0.5) is 0 Å². The molecule has 0 aromatic heterocycles. The topological polar surface area (TPSA) is 37.4 Å². The molecule has 1 aliphatic heterocycles. The van der Waals surface area contributed by atoms with Crippen LogP contribution in [0, 0.1) is 6.92 Å². The van der Waals surface area contributed by atoms with Crippen molar-refractivity contribution in [2.75, 3.05) is 13.1 Å². The zero-order valence-electron chi connectivity index (χ0n) is 10.5. The summed E-state index contributed by atoms with van der Waals surface area (Å²) in [6.45, 7) is 5.00. The predicted octanol–water partition coefficient (Wildman–Crippen LogP) is 3.10. The van der Waals surface area contributed by atoms with E-state index in [4.69, 9.17) is 0 Å². The summed E-state index contributed by atoms with van der Waals surface area (Å²) in [5.74, 6) is 0. The molecule has 0 aliphatic carbocycles. The van der Waals surface area contributed by atoms with Crippen LogP contribution in [0.2, 0.25) is 0 Å². The first kappa shape index (κ1) is 13.8. The predicted molar refractivity (Wildman–Crippen MR) is 76.0 cm³/mol. The van der Waals surface area contributed by atoms with E-state index < -0.39 is 10.0 Å². The lowest BCUT2D eigenvalue weighted by molar-refractivity contribution is 0.431. The number of rotatable bonds is 2. The minimum Gasteiger partial charge on any atom is -0.207 e. The highest BCUT2D eigenvalue weighted by atomic mass is 79.9. The molecule has 0 bridgehead atoms. The quantitative estimate of drug-likeness (QED) is 0.782. The van der Waals surface area contributed by atoms with Crippen LogP contribution in [0.5, 0.6) is 0 Å². The molecule has 0 amide bonds. The van der Waals surface area contributed by atoms with Gasteiger partial charge in [0.1, 0.15) is 0 Å². The molecule has 1 aromatic rings. The van der Waals surface area contributed by atoms with Gasteiger partial charge in [-0.15, -0.1) is 0 Å². The molecule has 1 heterocycles. The minimum absolute atomic E-state index is 0.348. The van der Waals surface area contributed by atoms with Gasteiger partial charge in [-0.3, -0.25) is 0 Å². The van der Waals surface area contributed by atoms with Crippen molar-refractivity contribution in [3.05, 3.63) is 39.9 Å². The van der Waals surface area contributed by atoms with Gasteiger partial charge in [-0.05, 0) is 53.9 Å². The Bertz CT molecular complexity index is 593. The molecule has 0 radical (unpaired) electrons. The van der Waals surface area contributed by atoms with Crippen molar-refractivity contribution in [3.63, 3.8) is 0 Å². The monoisotopic (exact) mass is 329 g/mol. The van der Waals surface area contributed by atoms with Gasteiger partial charge in [-0.1, -0.05) is 17.7 Å². The van der Waals surface area contributed by atoms with Crippen molar-refractivity contribution in [1.29, 1.82) is 0 Å². The maximum atomic E-state index is 12.5. The molecule has 98 valence electrons. The van der Waals surface area contributed by atoms with E-state index in [1.165, 1.54) is 9.88 Å². The van der Waals surface area contributed by atoms with Crippen molar-refractivity contribution in [2.24, 2.45) is 0 Å². The summed E-state index contributed by atoms with van der Waals surface area (Å²) < 4.78 is 27.1. The molecular formula is C13H16BrNO2S. The molecule has 0 spiro atoms. The molecule has 2 rings (SSSR count). The second-order valence-electron chi connectivity index (χ2n) is 4.60. The summed E-state index contributed by atoms with van der Waals surface area (Å²) in [6, 6.07) is 5.32. The fourth-order valence-electron chi connectivity index (χ4n) is 1.92. The fourth-order valence-corrected chi connectivity index (χ4v) is 4.46. The highest BCUT2D eigenvalue weighted by Gasteiger charge is 2.27. The third kappa shape index (κ3) is 2.68. The van der Waals surface area contributed by atoms with Crippen LogP contribution in [0.15, 0.2) is 39.2 Å². The Kier molecular flexibility index (Phi) is 3.94. The standard InChI is InChI=1S/C13H16BrNO2S/c1-10-5-7-15(8-6-10)18(16,17)13-4-3-11(2)9-12(13)14/h3-5,9H,6-8H2,1-2H3. The number of benzene rings is 1. The van der Waals surface area contributed by atoms with Gasteiger partial charge >= 0.3 is 0 Å². The highest BCUT2D eigenvalue weighted by Crippen LogP contribution is 2.27. The molecule has 0 unspecified atom stereocenters.